The summed E-state index contributed by atoms with van der Waals surface area (Å²) in [5, 5.41) is 0. The van der Waals surface area contributed by atoms with Gasteiger partial charge >= 0.3 is 48.2 Å². The van der Waals surface area contributed by atoms with Gasteiger partial charge in [-0.25, -0.2) is 0 Å². The van der Waals surface area contributed by atoms with E-state index in [1.807, 2.05) is 0 Å². The molecule has 0 aliphatic rings. The maximum atomic E-state index is 10.4. The minimum Gasteiger partial charge on any atom is -0.596 e. The number of rotatable bonds is 102. The van der Waals surface area contributed by atoms with E-state index in [1.54, 1.807) is 0 Å². The number of hydrogen-bond donors (Lipinski definition) is 0. The Balaban J connectivity index is -0.000000272. The fourth-order valence-electron chi connectivity index (χ4n) is 16.7. The van der Waals surface area contributed by atoms with Crippen LogP contribution >= 0.6 is 48.2 Å². The van der Waals surface area contributed by atoms with Crippen LogP contribution in [-0.4, -0.2) is 37.0 Å². The predicted octanol–water partition coefficient (Wildman–Crippen LogP) is 38.1. The SMILES string of the molecule is CCCCCCCCCCCCCCCCCC[P+](=O)[O-].CCCCCCCCCCCCCCCCCC[P+](=O)[O-].CCCCCCCCCCCCCCCCCC[P+](=O)[O-].CCCCCCCCCCCCCCCCCC[P+](=O)[O-].CCCCCCCCCCCCCCCCCC[P+](=O)[O-].CCCCCCCCCCCCCCCCCC[P+](=O)[O-].[Mo]. The van der Waals surface area contributed by atoms with Crippen molar-refractivity contribution in [2.75, 3.05) is 37.0 Å². The Morgan fingerprint density at radius 3 is 0.197 bits per heavy atom. The van der Waals surface area contributed by atoms with Crippen molar-refractivity contribution < 1.29 is 77.8 Å². The molecule has 0 aliphatic heterocycles. The van der Waals surface area contributed by atoms with Gasteiger partial charge in [-0.2, -0.15) is 0 Å². The molecule has 0 amide bonds. The second-order valence-corrected chi connectivity index (χ2v) is 44.8. The van der Waals surface area contributed by atoms with Crippen LogP contribution in [-0.2, 0) is 48.5 Å². The minimum atomic E-state index is -2.14. The molecule has 6 unspecified atom stereocenters. The average molecular weight is 1990 g/mol. The van der Waals surface area contributed by atoms with Crippen molar-refractivity contribution >= 4 is 48.2 Å². The van der Waals surface area contributed by atoms with E-state index < -0.39 is 48.2 Å². The Bertz CT molecular complexity index is 1680. The molecular formula is C108H222MoO12P6. The molecule has 0 aromatic carbocycles. The first-order valence-electron chi connectivity index (χ1n) is 56.3. The van der Waals surface area contributed by atoms with Crippen LogP contribution in [0.1, 0.15) is 658 Å². The molecule has 0 radical (unpaired) electrons. The predicted molar refractivity (Wildman–Crippen MR) is 552 cm³/mol. The van der Waals surface area contributed by atoms with Crippen LogP contribution in [0.2, 0.25) is 0 Å². The number of hydrogen-bond acceptors (Lipinski definition) is 12. The van der Waals surface area contributed by atoms with E-state index in [0.29, 0.717) is 37.0 Å². The van der Waals surface area contributed by atoms with Crippen molar-refractivity contribution in [2.24, 2.45) is 0 Å². The molecule has 12 nitrogen and oxygen atoms in total. The van der Waals surface area contributed by atoms with E-state index in [0.717, 1.165) is 77.0 Å². The van der Waals surface area contributed by atoms with Crippen molar-refractivity contribution in [1.29, 1.82) is 0 Å². The summed E-state index contributed by atoms with van der Waals surface area (Å²) in [6.07, 6.45) is 130. The zero-order valence-corrected chi connectivity index (χ0v) is 93.5. The largest absolute Gasteiger partial charge is 0.596 e. The molecule has 762 valence electrons. The Labute approximate surface area is 815 Å². The van der Waals surface area contributed by atoms with Gasteiger partial charge in [0, 0.05) is 21.1 Å². The van der Waals surface area contributed by atoms with Crippen LogP contribution in [0, 0.1) is 0 Å². The third-order valence-electron chi connectivity index (χ3n) is 25.2. The summed E-state index contributed by atoms with van der Waals surface area (Å²) < 4.78 is 62.3. The molecule has 0 rings (SSSR count). The molecule has 0 saturated carbocycles. The van der Waals surface area contributed by atoms with Crippen molar-refractivity contribution in [3.05, 3.63) is 0 Å². The molecule has 0 bridgehead atoms. The Morgan fingerprint density at radius 2 is 0.150 bits per heavy atom. The van der Waals surface area contributed by atoms with Crippen molar-refractivity contribution in [2.45, 2.75) is 658 Å². The van der Waals surface area contributed by atoms with Crippen LogP contribution in [0.25, 0.3) is 0 Å². The normalized spacial score (nSPS) is 11.7. The van der Waals surface area contributed by atoms with Gasteiger partial charge in [0.25, 0.3) is 0 Å². The first-order valence-corrected chi connectivity index (χ1v) is 64.5. The Kier molecular flexibility index (Phi) is 153. The van der Waals surface area contributed by atoms with E-state index in [-0.39, 0.29) is 21.1 Å². The topological polar surface area (TPSA) is 241 Å². The molecule has 0 aromatic heterocycles. The van der Waals surface area contributed by atoms with Gasteiger partial charge in [0.1, 0.15) is 37.0 Å². The molecule has 19 heteroatoms. The monoisotopic (exact) mass is 2000 g/mol. The van der Waals surface area contributed by atoms with Gasteiger partial charge in [0.2, 0.25) is 0 Å². The van der Waals surface area contributed by atoms with Gasteiger partial charge < -0.3 is 29.4 Å². The molecular weight excluding hydrogens is 1770 g/mol. The quantitative estimate of drug-likeness (QED) is 0.0314. The van der Waals surface area contributed by atoms with E-state index in [4.69, 9.17) is 0 Å². The van der Waals surface area contributed by atoms with E-state index >= 15 is 0 Å². The van der Waals surface area contributed by atoms with Crippen LogP contribution in [0.5, 0.6) is 0 Å². The molecule has 6 atom stereocenters. The zero-order valence-electron chi connectivity index (χ0n) is 86.1. The molecule has 127 heavy (non-hydrogen) atoms. The van der Waals surface area contributed by atoms with E-state index in [1.165, 1.54) is 539 Å². The van der Waals surface area contributed by atoms with Gasteiger partial charge in [-0.1, -0.05) is 608 Å². The number of unbranched alkanes of at least 4 members (excludes halogenated alkanes) is 90. The fourth-order valence-corrected chi connectivity index (χ4v) is 19.6. The van der Waals surface area contributed by atoms with E-state index in [2.05, 4.69) is 41.5 Å². The van der Waals surface area contributed by atoms with Gasteiger partial charge in [0.05, 0.1) is 0 Å². The fraction of sp³-hybridized carbons (Fsp3) is 1.00. The molecule has 0 fully saturated rings. The first kappa shape index (κ1) is 141. The van der Waals surface area contributed by atoms with Crippen LogP contribution in [0.15, 0.2) is 0 Å². The minimum absolute atomic E-state index is 0. The summed E-state index contributed by atoms with van der Waals surface area (Å²) in [5.74, 6) is 0. The van der Waals surface area contributed by atoms with Crippen LogP contribution in [0.4, 0.5) is 0 Å². The summed E-state index contributed by atoms with van der Waals surface area (Å²) >= 11 is 0. The van der Waals surface area contributed by atoms with Crippen LogP contribution in [0.3, 0.4) is 0 Å². The summed E-state index contributed by atoms with van der Waals surface area (Å²) in [6.45, 7) is 13.6. The average Bonchev–Trinajstić information content (AvgIpc) is 1.15. The summed E-state index contributed by atoms with van der Waals surface area (Å²) in [4.78, 5) is 62.3. The maximum Gasteiger partial charge on any atom is 0.308 e. The third kappa shape index (κ3) is 167. The Hall–Kier alpha value is 1.05. The summed E-state index contributed by atoms with van der Waals surface area (Å²) in [7, 11) is -12.9. The van der Waals surface area contributed by atoms with Crippen molar-refractivity contribution in [3.8, 4) is 0 Å². The van der Waals surface area contributed by atoms with Crippen molar-refractivity contribution in [3.63, 3.8) is 0 Å². The smallest absolute Gasteiger partial charge is 0.308 e. The van der Waals surface area contributed by atoms with Gasteiger partial charge in [0.15, 0.2) is 0 Å². The van der Waals surface area contributed by atoms with Crippen molar-refractivity contribution in [1.82, 2.24) is 0 Å². The molecule has 0 N–H and O–H groups in total. The molecule has 0 heterocycles. The molecule has 0 aliphatic carbocycles. The maximum absolute atomic E-state index is 10.4. The second-order valence-electron chi connectivity index (χ2n) is 38.2. The first-order chi connectivity index (χ1) is 61.6. The summed E-state index contributed by atoms with van der Waals surface area (Å²) in [6, 6.07) is 0. The molecule has 0 saturated heterocycles. The van der Waals surface area contributed by atoms with Crippen LogP contribution < -0.4 is 29.4 Å². The van der Waals surface area contributed by atoms with E-state index in [9.17, 15) is 56.8 Å². The van der Waals surface area contributed by atoms with Gasteiger partial charge in [-0.15, -0.1) is 0 Å². The van der Waals surface area contributed by atoms with Gasteiger partial charge in [-0.3, -0.25) is 0 Å². The Morgan fingerprint density at radius 1 is 0.102 bits per heavy atom. The molecule has 0 aromatic rings. The standard InChI is InChI=1S/6C18H37O2P.Mo/c6*1-2-3-4-5-6-7-8-9-10-11-12-13-14-15-16-17-18-21(19)20;/h6*2-18H2,1H3;. The summed E-state index contributed by atoms with van der Waals surface area (Å²) in [5.41, 5.74) is 0. The second kappa shape index (κ2) is 138. The molecule has 0 spiro atoms. The zero-order chi connectivity index (χ0) is 93.6. The van der Waals surface area contributed by atoms with Gasteiger partial charge in [-0.05, 0) is 77.0 Å². The third-order valence-corrected chi connectivity index (χ3v) is 29.3.